The van der Waals surface area contributed by atoms with Gasteiger partial charge in [0.25, 0.3) is 0 Å². The topological polar surface area (TPSA) is 3.24 Å². The Kier molecular flexibility index (Phi) is 4.99. The molecule has 1 nitrogen and oxygen atoms in total. The van der Waals surface area contributed by atoms with Crippen LogP contribution in [0.2, 0.25) is 0 Å². The predicted octanol–water partition coefficient (Wildman–Crippen LogP) is 7.41. The van der Waals surface area contributed by atoms with E-state index in [4.69, 9.17) is 0 Å². The van der Waals surface area contributed by atoms with Crippen LogP contribution >= 0.6 is 0 Å². The Hall–Kier alpha value is -3.32. The summed E-state index contributed by atoms with van der Waals surface area (Å²) in [5, 5.41) is 0. The summed E-state index contributed by atoms with van der Waals surface area (Å²) in [5.41, 5.74) is 9.97. The summed E-state index contributed by atoms with van der Waals surface area (Å²) in [5.74, 6) is 0. The van der Waals surface area contributed by atoms with Crippen LogP contribution in [0.4, 0.5) is 11.4 Å². The molecule has 0 unspecified atom stereocenters. The standard InChI is InChI=1S/C27H25N/c1-20-14-16-24(22-10-6-4-7-11-22)18-26(20)28(3)27-19-25(17-15-21(27)2)23-12-8-5-9-13-23/h4-19H,1-3H3. The average Bonchev–Trinajstić information content (AvgIpc) is 2.75. The number of rotatable bonds is 4. The molecule has 4 aromatic rings. The molecule has 0 amide bonds. The number of anilines is 2. The highest BCUT2D eigenvalue weighted by Gasteiger charge is 2.12. The third-order valence-electron chi connectivity index (χ3n) is 5.36. The molecule has 138 valence electrons. The van der Waals surface area contributed by atoms with E-state index in [1.165, 1.54) is 44.8 Å². The quantitative estimate of drug-likeness (QED) is 0.365. The van der Waals surface area contributed by atoms with Crippen molar-refractivity contribution in [3.05, 3.63) is 108 Å². The first kappa shape index (κ1) is 18.1. The highest BCUT2D eigenvalue weighted by atomic mass is 15.1. The summed E-state index contributed by atoms with van der Waals surface area (Å²) in [6.07, 6.45) is 0. The van der Waals surface area contributed by atoms with Crippen molar-refractivity contribution in [1.82, 2.24) is 0 Å². The van der Waals surface area contributed by atoms with Crippen molar-refractivity contribution in [1.29, 1.82) is 0 Å². The molecule has 0 radical (unpaired) electrons. The van der Waals surface area contributed by atoms with E-state index in [1.54, 1.807) is 0 Å². The van der Waals surface area contributed by atoms with Crippen LogP contribution in [-0.4, -0.2) is 7.05 Å². The predicted molar refractivity (Wildman–Crippen MR) is 121 cm³/mol. The second-order valence-electron chi connectivity index (χ2n) is 7.29. The van der Waals surface area contributed by atoms with Gasteiger partial charge in [-0.25, -0.2) is 0 Å². The van der Waals surface area contributed by atoms with Gasteiger partial charge in [0.15, 0.2) is 0 Å². The minimum atomic E-state index is 1.23. The van der Waals surface area contributed by atoms with Gasteiger partial charge in [-0.2, -0.15) is 0 Å². The van der Waals surface area contributed by atoms with Gasteiger partial charge in [0.05, 0.1) is 0 Å². The molecular formula is C27H25N. The zero-order valence-electron chi connectivity index (χ0n) is 16.7. The van der Waals surface area contributed by atoms with Crippen molar-refractivity contribution in [2.45, 2.75) is 13.8 Å². The third-order valence-corrected chi connectivity index (χ3v) is 5.36. The molecule has 0 aliphatic rings. The Labute approximate surface area is 167 Å². The fraction of sp³-hybridized carbons (Fsp3) is 0.111. The lowest BCUT2D eigenvalue weighted by molar-refractivity contribution is 1.17. The molecule has 0 N–H and O–H groups in total. The Bertz CT molecular complexity index is 993. The minimum absolute atomic E-state index is 1.23. The second kappa shape index (κ2) is 7.74. The Morgan fingerprint density at radius 3 is 1.25 bits per heavy atom. The molecule has 0 aliphatic heterocycles. The van der Waals surface area contributed by atoms with Gasteiger partial charge in [0.1, 0.15) is 0 Å². The smallest absolute Gasteiger partial charge is 0.0444 e. The van der Waals surface area contributed by atoms with Crippen LogP contribution in [0, 0.1) is 13.8 Å². The average molecular weight is 364 g/mol. The monoisotopic (exact) mass is 363 g/mol. The summed E-state index contributed by atoms with van der Waals surface area (Å²) < 4.78 is 0. The van der Waals surface area contributed by atoms with E-state index >= 15 is 0 Å². The van der Waals surface area contributed by atoms with Crippen LogP contribution in [-0.2, 0) is 0 Å². The molecule has 0 aromatic heterocycles. The molecule has 0 bridgehead atoms. The van der Waals surface area contributed by atoms with Gasteiger partial charge in [-0.05, 0) is 59.4 Å². The molecule has 4 aromatic carbocycles. The molecule has 0 atom stereocenters. The van der Waals surface area contributed by atoms with Gasteiger partial charge in [0, 0.05) is 18.4 Å². The number of hydrogen-bond donors (Lipinski definition) is 0. The van der Waals surface area contributed by atoms with Crippen LogP contribution in [0.5, 0.6) is 0 Å². The number of hydrogen-bond acceptors (Lipinski definition) is 1. The molecule has 0 spiro atoms. The van der Waals surface area contributed by atoms with Gasteiger partial charge in [0.2, 0.25) is 0 Å². The number of nitrogens with zero attached hydrogens (tertiary/aromatic N) is 1. The van der Waals surface area contributed by atoms with Gasteiger partial charge >= 0.3 is 0 Å². The maximum absolute atomic E-state index is 2.31. The zero-order chi connectivity index (χ0) is 19.5. The first-order valence-corrected chi connectivity index (χ1v) is 9.69. The van der Waals surface area contributed by atoms with E-state index in [0.717, 1.165) is 0 Å². The van der Waals surface area contributed by atoms with E-state index in [-0.39, 0.29) is 0 Å². The van der Waals surface area contributed by atoms with Crippen molar-refractivity contribution in [2.24, 2.45) is 0 Å². The largest absolute Gasteiger partial charge is 0.344 e. The van der Waals surface area contributed by atoms with Crippen molar-refractivity contribution in [3.8, 4) is 22.3 Å². The Morgan fingerprint density at radius 2 is 0.857 bits per heavy atom. The fourth-order valence-corrected chi connectivity index (χ4v) is 3.69. The first-order valence-electron chi connectivity index (χ1n) is 9.69. The summed E-state index contributed by atoms with van der Waals surface area (Å²) in [6.45, 7) is 4.36. The lowest BCUT2D eigenvalue weighted by Crippen LogP contribution is -2.12. The van der Waals surface area contributed by atoms with Gasteiger partial charge in [-0.3, -0.25) is 0 Å². The molecule has 0 saturated carbocycles. The summed E-state index contributed by atoms with van der Waals surface area (Å²) in [7, 11) is 2.16. The van der Waals surface area contributed by atoms with Crippen molar-refractivity contribution >= 4 is 11.4 Å². The van der Waals surface area contributed by atoms with Gasteiger partial charge in [-0.15, -0.1) is 0 Å². The normalized spacial score (nSPS) is 10.7. The maximum Gasteiger partial charge on any atom is 0.0444 e. The summed E-state index contributed by atoms with van der Waals surface area (Å²) in [4.78, 5) is 2.31. The first-order chi connectivity index (χ1) is 13.6. The Balaban J connectivity index is 1.77. The van der Waals surface area contributed by atoms with E-state index in [0.29, 0.717) is 0 Å². The molecule has 1 heteroatoms. The minimum Gasteiger partial charge on any atom is -0.344 e. The van der Waals surface area contributed by atoms with Crippen LogP contribution in [0.1, 0.15) is 11.1 Å². The van der Waals surface area contributed by atoms with E-state index in [1.807, 2.05) is 0 Å². The molecule has 0 saturated heterocycles. The Morgan fingerprint density at radius 1 is 0.464 bits per heavy atom. The number of aryl methyl sites for hydroxylation is 2. The van der Waals surface area contributed by atoms with Crippen molar-refractivity contribution in [2.75, 3.05) is 11.9 Å². The van der Waals surface area contributed by atoms with Crippen LogP contribution in [0.3, 0.4) is 0 Å². The maximum atomic E-state index is 2.31. The summed E-state index contributed by atoms with van der Waals surface area (Å²) in [6, 6.07) is 34.5. The lowest BCUT2D eigenvalue weighted by atomic mass is 10.00. The highest BCUT2D eigenvalue weighted by molar-refractivity contribution is 5.78. The molecule has 0 fully saturated rings. The molecule has 0 aliphatic carbocycles. The van der Waals surface area contributed by atoms with Crippen molar-refractivity contribution < 1.29 is 0 Å². The van der Waals surface area contributed by atoms with E-state index in [9.17, 15) is 0 Å². The second-order valence-corrected chi connectivity index (χ2v) is 7.29. The van der Waals surface area contributed by atoms with E-state index in [2.05, 4.69) is 123 Å². The summed E-state index contributed by atoms with van der Waals surface area (Å²) >= 11 is 0. The highest BCUT2D eigenvalue weighted by Crippen LogP contribution is 2.35. The fourth-order valence-electron chi connectivity index (χ4n) is 3.69. The molecule has 0 heterocycles. The van der Waals surface area contributed by atoms with E-state index < -0.39 is 0 Å². The van der Waals surface area contributed by atoms with Crippen LogP contribution in [0.25, 0.3) is 22.3 Å². The van der Waals surface area contributed by atoms with Crippen LogP contribution < -0.4 is 4.90 Å². The third kappa shape index (κ3) is 3.57. The van der Waals surface area contributed by atoms with Crippen molar-refractivity contribution in [3.63, 3.8) is 0 Å². The SMILES string of the molecule is Cc1ccc(-c2ccccc2)cc1N(C)c1cc(-c2ccccc2)ccc1C. The van der Waals surface area contributed by atoms with Gasteiger partial charge < -0.3 is 4.90 Å². The zero-order valence-corrected chi connectivity index (χ0v) is 16.7. The van der Waals surface area contributed by atoms with Crippen LogP contribution in [0.15, 0.2) is 97.1 Å². The van der Waals surface area contributed by atoms with Gasteiger partial charge in [-0.1, -0.05) is 84.9 Å². The lowest BCUT2D eigenvalue weighted by Gasteiger charge is -2.25. The molecule has 4 rings (SSSR count). The molecule has 28 heavy (non-hydrogen) atoms. The molecular weight excluding hydrogens is 338 g/mol. The number of benzene rings is 4.